The predicted octanol–water partition coefficient (Wildman–Crippen LogP) is 4.81. The van der Waals surface area contributed by atoms with Gasteiger partial charge in [0.2, 0.25) is 35.4 Å². The molecule has 6 amide bonds. The van der Waals surface area contributed by atoms with Crippen molar-refractivity contribution in [3.05, 3.63) is 0 Å². The van der Waals surface area contributed by atoms with Gasteiger partial charge >= 0.3 is 11.9 Å². The van der Waals surface area contributed by atoms with E-state index in [2.05, 4.69) is 21.3 Å². The molecule has 19 nitrogen and oxygen atoms in total. The Balaban J connectivity index is 1.88. The lowest BCUT2D eigenvalue weighted by atomic mass is 10.0. The lowest BCUT2D eigenvalue weighted by molar-refractivity contribution is -0.142. The van der Waals surface area contributed by atoms with Crippen molar-refractivity contribution in [2.24, 2.45) is 5.92 Å². The lowest BCUT2D eigenvalue weighted by Crippen LogP contribution is -2.41. The summed E-state index contributed by atoms with van der Waals surface area (Å²) in [5, 5.41) is 28.9. The largest absolute Gasteiger partial charge is 0.481 e. The van der Waals surface area contributed by atoms with E-state index in [4.69, 9.17) is 24.1 Å². The van der Waals surface area contributed by atoms with Crippen LogP contribution in [0.2, 0.25) is 0 Å². The maximum absolute atomic E-state index is 12.3. The molecule has 1 fully saturated rings. The number of nitrogens with zero attached hydrogens (tertiary/aromatic N) is 1. The number of hydrogen-bond donors (Lipinski definition) is 6. The molecule has 0 aromatic heterocycles. The number of unbranched alkanes of at least 4 members (excludes halogenated alkanes) is 15. The molecular formula is C48H85N5O14. The normalized spacial score (nSPS) is 14.0. The molecule has 1 heterocycles. The molecule has 1 aliphatic rings. The molecule has 1 aliphatic heterocycles. The fraction of sp³-hybridized carbons (Fsp3) is 0.833. The van der Waals surface area contributed by atoms with Gasteiger partial charge in [-0.1, -0.05) is 96.8 Å². The van der Waals surface area contributed by atoms with E-state index in [0.717, 1.165) is 57.8 Å². The minimum Gasteiger partial charge on any atom is -0.481 e. The quantitative estimate of drug-likeness (QED) is 0.0353. The van der Waals surface area contributed by atoms with Crippen LogP contribution < -0.4 is 21.3 Å². The third-order valence-electron chi connectivity index (χ3n) is 11.3. The molecule has 0 radical (unpaired) electrons. The Morgan fingerprint density at radius 2 is 0.985 bits per heavy atom. The molecule has 0 spiro atoms. The fourth-order valence-corrected chi connectivity index (χ4v) is 7.50. The van der Waals surface area contributed by atoms with Gasteiger partial charge in [-0.15, -0.1) is 0 Å². The third-order valence-corrected chi connectivity index (χ3v) is 11.3. The van der Waals surface area contributed by atoms with Crippen LogP contribution in [0, 0.1) is 5.92 Å². The summed E-state index contributed by atoms with van der Waals surface area (Å²) in [6, 6.07) is -1.14. The van der Waals surface area contributed by atoms with Crippen molar-refractivity contribution >= 4 is 47.4 Å². The van der Waals surface area contributed by atoms with E-state index in [-0.39, 0.29) is 126 Å². The number of rotatable bonds is 47. The first-order chi connectivity index (χ1) is 32.4. The van der Waals surface area contributed by atoms with Crippen molar-refractivity contribution in [1.29, 1.82) is 0 Å². The summed E-state index contributed by atoms with van der Waals surface area (Å²) >= 11 is 0. The number of carboxylic acids is 2. The maximum atomic E-state index is 12.3. The summed E-state index contributed by atoms with van der Waals surface area (Å²) in [4.78, 5) is 96.5. The molecule has 6 N–H and O–H groups in total. The number of aliphatic carboxylic acids is 2. The average molecular weight is 956 g/mol. The molecule has 2 atom stereocenters. The first-order valence-corrected chi connectivity index (χ1v) is 25.1. The van der Waals surface area contributed by atoms with Crippen molar-refractivity contribution in [1.82, 2.24) is 26.2 Å². The Morgan fingerprint density at radius 1 is 0.552 bits per heavy atom. The highest BCUT2D eigenvalue weighted by molar-refractivity contribution is 6.03. The number of amides is 6. The second-order valence-corrected chi connectivity index (χ2v) is 17.2. The summed E-state index contributed by atoms with van der Waals surface area (Å²) in [5.41, 5.74) is 0. The van der Waals surface area contributed by atoms with Crippen LogP contribution in [0.25, 0.3) is 0 Å². The zero-order valence-electron chi connectivity index (χ0n) is 40.6. The average Bonchev–Trinajstić information content (AvgIpc) is 3.56. The summed E-state index contributed by atoms with van der Waals surface area (Å²) < 4.78 is 21.6. The highest BCUT2D eigenvalue weighted by Crippen LogP contribution is 2.24. The Morgan fingerprint density at radius 3 is 1.48 bits per heavy atom. The minimum absolute atomic E-state index is 0.0192. The summed E-state index contributed by atoms with van der Waals surface area (Å²) in [6.45, 7) is 5.00. The van der Waals surface area contributed by atoms with E-state index in [1.807, 2.05) is 6.92 Å². The van der Waals surface area contributed by atoms with Crippen LogP contribution >= 0.6 is 0 Å². The Bertz CT molecular complexity index is 1400. The van der Waals surface area contributed by atoms with Crippen LogP contribution in [0.1, 0.15) is 167 Å². The molecule has 0 saturated carbocycles. The second kappa shape index (κ2) is 41.9. The van der Waals surface area contributed by atoms with Crippen molar-refractivity contribution in [3.63, 3.8) is 0 Å². The van der Waals surface area contributed by atoms with Gasteiger partial charge < -0.3 is 50.4 Å². The first-order valence-electron chi connectivity index (χ1n) is 25.1. The van der Waals surface area contributed by atoms with Crippen molar-refractivity contribution in [2.45, 2.75) is 173 Å². The van der Waals surface area contributed by atoms with Crippen LogP contribution in [0.3, 0.4) is 0 Å². The first kappa shape index (κ1) is 60.8. The third kappa shape index (κ3) is 35.6. The van der Waals surface area contributed by atoms with Crippen LogP contribution in [-0.2, 0) is 57.3 Å². The predicted molar refractivity (Wildman–Crippen MR) is 251 cm³/mol. The monoisotopic (exact) mass is 956 g/mol. The maximum Gasteiger partial charge on any atom is 0.326 e. The van der Waals surface area contributed by atoms with Crippen LogP contribution in [0.5, 0.6) is 0 Å². The highest BCUT2D eigenvalue weighted by Gasteiger charge is 2.37. The van der Waals surface area contributed by atoms with Gasteiger partial charge in [0.15, 0.2) is 0 Å². The minimum atomic E-state index is -1.18. The smallest absolute Gasteiger partial charge is 0.326 e. The molecule has 0 aromatic carbocycles. The summed E-state index contributed by atoms with van der Waals surface area (Å²) in [6.07, 6.45) is 19.9. The lowest BCUT2D eigenvalue weighted by Gasteiger charge is -2.14. The Labute approximate surface area is 398 Å². The van der Waals surface area contributed by atoms with Gasteiger partial charge in [-0.3, -0.25) is 38.5 Å². The zero-order valence-corrected chi connectivity index (χ0v) is 40.6. The van der Waals surface area contributed by atoms with Crippen molar-refractivity contribution in [3.8, 4) is 0 Å². The SMILES string of the molecule is CCCC1CC(=O)N(CCCCCC(=O)NCCOCCOCC(=O)NCCOCCOCCNC(=O)CCC(NC(=O)CCCCCCCCCCCCCCCCC(=O)O)C(=O)O)C1=O. The number of hydrogen-bond acceptors (Lipinski definition) is 12. The Kier molecular flexibility index (Phi) is 38.1. The van der Waals surface area contributed by atoms with Crippen molar-refractivity contribution < 1.29 is 67.5 Å². The Hall–Kier alpha value is -4.20. The van der Waals surface area contributed by atoms with E-state index >= 15 is 0 Å². The summed E-state index contributed by atoms with van der Waals surface area (Å²) in [5.74, 6) is -3.27. The number of imide groups is 1. The van der Waals surface area contributed by atoms with E-state index in [0.29, 0.717) is 51.8 Å². The van der Waals surface area contributed by atoms with Gasteiger partial charge in [0, 0.05) is 64.2 Å². The fourth-order valence-electron chi connectivity index (χ4n) is 7.50. The number of nitrogens with one attached hydrogen (secondary N) is 4. The molecule has 0 aliphatic carbocycles. The van der Waals surface area contributed by atoms with E-state index in [1.165, 1.54) is 49.8 Å². The van der Waals surface area contributed by atoms with Crippen LogP contribution in [-0.4, -0.2) is 148 Å². The van der Waals surface area contributed by atoms with Gasteiger partial charge in [0.25, 0.3) is 0 Å². The molecule has 67 heavy (non-hydrogen) atoms. The highest BCUT2D eigenvalue weighted by atomic mass is 16.5. The van der Waals surface area contributed by atoms with Crippen LogP contribution in [0.4, 0.5) is 0 Å². The molecule has 0 bridgehead atoms. The molecule has 2 unspecified atom stereocenters. The van der Waals surface area contributed by atoms with E-state index in [1.54, 1.807) is 0 Å². The van der Waals surface area contributed by atoms with E-state index in [9.17, 15) is 43.5 Å². The number of likely N-dealkylation sites (tertiary alicyclic amines) is 1. The number of carboxylic acid groups (broad SMARTS) is 2. The topological polar surface area (TPSA) is 265 Å². The second-order valence-electron chi connectivity index (χ2n) is 17.2. The van der Waals surface area contributed by atoms with Gasteiger partial charge in [0.1, 0.15) is 12.6 Å². The van der Waals surface area contributed by atoms with Crippen LogP contribution in [0.15, 0.2) is 0 Å². The number of carbonyl (C=O) groups excluding carboxylic acids is 6. The molecular weight excluding hydrogens is 871 g/mol. The number of ether oxygens (including phenoxy) is 4. The van der Waals surface area contributed by atoms with Crippen molar-refractivity contribution in [2.75, 3.05) is 79.0 Å². The van der Waals surface area contributed by atoms with Gasteiger partial charge in [0.05, 0.1) is 46.2 Å². The molecule has 1 rings (SSSR count). The van der Waals surface area contributed by atoms with E-state index < -0.39 is 18.0 Å². The molecule has 386 valence electrons. The zero-order chi connectivity index (χ0) is 49.2. The standard InChI is InChI=1S/C48H85N5O14/c1-2-20-39-37-45(58)53(47(39)61)29-19-15-17-21-41(54)49-26-30-66-35-36-67-38-44(57)51-28-32-65-34-33-64-31-27-50-42(55)25-24-40(48(62)63)52-43(56)22-16-13-11-9-7-5-3-4-6-8-10-12-14-18-23-46(59)60/h39-40H,2-38H2,1H3,(H,49,54)(H,50,55)(H,51,57)(H,52,56)(H,59,60)(H,62,63). The molecule has 19 heteroatoms. The molecule has 0 aromatic rings. The van der Waals surface area contributed by atoms with Gasteiger partial charge in [-0.05, 0) is 38.5 Å². The van der Waals surface area contributed by atoms with Gasteiger partial charge in [-0.25, -0.2) is 4.79 Å². The number of carbonyl (C=O) groups is 8. The summed E-state index contributed by atoms with van der Waals surface area (Å²) in [7, 11) is 0. The van der Waals surface area contributed by atoms with Gasteiger partial charge in [-0.2, -0.15) is 0 Å². The molecule has 1 saturated heterocycles.